The molecule has 88 valence electrons. The minimum atomic E-state index is 0.0350. The Labute approximate surface area is 107 Å². The van der Waals surface area contributed by atoms with Gasteiger partial charge >= 0.3 is 0 Å². The first-order valence-electron chi connectivity index (χ1n) is 5.23. The Balaban J connectivity index is 2.67. The van der Waals surface area contributed by atoms with Crippen LogP contribution in [0.25, 0.3) is 0 Å². The van der Waals surface area contributed by atoms with Crippen molar-refractivity contribution < 1.29 is 4.79 Å². The van der Waals surface area contributed by atoms with E-state index in [-0.39, 0.29) is 11.2 Å². The predicted octanol–water partition coefficient (Wildman–Crippen LogP) is 4.54. The molecule has 0 amide bonds. The zero-order valence-electron chi connectivity index (χ0n) is 9.81. The third kappa shape index (κ3) is 4.54. The summed E-state index contributed by atoms with van der Waals surface area (Å²) >= 11 is 11.7. The second-order valence-corrected chi connectivity index (χ2v) is 6.02. The van der Waals surface area contributed by atoms with Crippen molar-refractivity contribution in [3.05, 3.63) is 33.8 Å². The van der Waals surface area contributed by atoms with E-state index in [1.54, 1.807) is 12.1 Å². The number of ketones is 1. The van der Waals surface area contributed by atoms with Gasteiger partial charge in [-0.25, -0.2) is 0 Å². The molecule has 0 spiro atoms. The summed E-state index contributed by atoms with van der Waals surface area (Å²) in [5, 5.41) is 1.02. The summed E-state index contributed by atoms with van der Waals surface area (Å²) in [6.45, 7) is 6.17. The molecule has 1 rings (SSSR count). The van der Waals surface area contributed by atoms with Crippen molar-refractivity contribution in [2.75, 3.05) is 0 Å². The third-order valence-corrected chi connectivity index (χ3v) is 2.85. The van der Waals surface area contributed by atoms with E-state index >= 15 is 0 Å². The van der Waals surface area contributed by atoms with Crippen LogP contribution >= 0.6 is 23.2 Å². The zero-order chi connectivity index (χ0) is 12.3. The van der Waals surface area contributed by atoms with E-state index in [1.807, 2.05) is 6.07 Å². The fraction of sp³-hybridized carbons (Fsp3) is 0.462. The molecular formula is C13H16Cl2O. The highest BCUT2D eigenvalue weighted by Gasteiger charge is 2.16. The summed E-state index contributed by atoms with van der Waals surface area (Å²) in [5.41, 5.74) is 0.955. The number of carbonyl (C=O) groups excluding carboxylic acids is 1. The lowest BCUT2D eigenvalue weighted by atomic mass is 9.88. The van der Waals surface area contributed by atoms with Gasteiger partial charge in [-0.2, -0.15) is 0 Å². The molecule has 16 heavy (non-hydrogen) atoms. The molecule has 0 N–H and O–H groups in total. The molecule has 3 heteroatoms. The lowest BCUT2D eigenvalue weighted by Gasteiger charge is -2.16. The number of carbonyl (C=O) groups is 1. The average molecular weight is 259 g/mol. The summed E-state index contributed by atoms with van der Waals surface area (Å²) in [7, 11) is 0. The van der Waals surface area contributed by atoms with Gasteiger partial charge in [-0.15, -0.1) is 0 Å². The molecule has 0 saturated carbocycles. The van der Waals surface area contributed by atoms with Crippen molar-refractivity contribution in [2.24, 2.45) is 5.41 Å². The van der Waals surface area contributed by atoms with Gasteiger partial charge in [0.05, 0.1) is 10.0 Å². The van der Waals surface area contributed by atoms with Crippen molar-refractivity contribution in [3.8, 4) is 0 Å². The van der Waals surface area contributed by atoms with Crippen molar-refractivity contribution in [3.63, 3.8) is 0 Å². The number of hydrogen-bond acceptors (Lipinski definition) is 1. The maximum absolute atomic E-state index is 11.7. The molecule has 1 aromatic rings. The monoisotopic (exact) mass is 258 g/mol. The Hall–Kier alpha value is -0.530. The topological polar surface area (TPSA) is 17.1 Å². The van der Waals surface area contributed by atoms with Gasteiger partial charge in [0.1, 0.15) is 5.78 Å². The van der Waals surface area contributed by atoms with Crippen LogP contribution in [0.2, 0.25) is 10.0 Å². The van der Waals surface area contributed by atoms with Gasteiger partial charge < -0.3 is 0 Å². The molecule has 0 aliphatic rings. The van der Waals surface area contributed by atoms with Gasteiger partial charge in [-0.3, -0.25) is 4.79 Å². The highest BCUT2D eigenvalue weighted by molar-refractivity contribution is 6.42. The molecular weight excluding hydrogens is 243 g/mol. The van der Waals surface area contributed by atoms with Crippen molar-refractivity contribution >= 4 is 29.0 Å². The molecule has 0 bridgehead atoms. The van der Waals surface area contributed by atoms with Crippen LogP contribution < -0.4 is 0 Å². The molecule has 0 aromatic heterocycles. The maximum Gasteiger partial charge on any atom is 0.137 e. The van der Waals surface area contributed by atoms with Crippen molar-refractivity contribution in [2.45, 2.75) is 33.6 Å². The summed E-state index contributed by atoms with van der Waals surface area (Å²) < 4.78 is 0. The molecule has 0 unspecified atom stereocenters. The molecule has 0 saturated heterocycles. The van der Waals surface area contributed by atoms with Gasteiger partial charge in [-0.05, 0) is 23.1 Å². The highest BCUT2D eigenvalue weighted by Crippen LogP contribution is 2.24. The van der Waals surface area contributed by atoms with Crippen LogP contribution in [0.4, 0.5) is 0 Å². The lowest BCUT2D eigenvalue weighted by molar-refractivity contribution is -0.120. The smallest absolute Gasteiger partial charge is 0.137 e. The minimum Gasteiger partial charge on any atom is -0.299 e. The average Bonchev–Trinajstić information content (AvgIpc) is 2.08. The van der Waals surface area contributed by atoms with Crippen molar-refractivity contribution in [1.82, 2.24) is 0 Å². The Morgan fingerprint density at radius 1 is 1.19 bits per heavy atom. The first kappa shape index (κ1) is 13.5. The first-order valence-corrected chi connectivity index (χ1v) is 5.99. The Morgan fingerprint density at radius 2 is 1.81 bits per heavy atom. The second kappa shape index (κ2) is 5.20. The first-order chi connectivity index (χ1) is 7.28. The molecule has 0 heterocycles. The van der Waals surface area contributed by atoms with Crippen molar-refractivity contribution in [1.29, 1.82) is 0 Å². The molecule has 0 aliphatic carbocycles. The Morgan fingerprint density at radius 3 is 2.31 bits per heavy atom. The molecule has 0 aliphatic heterocycles. The number of halogens is 2. The predicted molar refractivity (Wildman–Crippen MR) is 69.2 cm³/mol. The van der Waals surface area contributed by atoms with E-state index in [1.165, 1.54) is 0 Å². The minimum absolute atomic E-state index is 0.0350. The second-order valence-electron chi connectivity index (χ2n) is 5.20. The standard InChI is InChI=1S/C13H16Cl2O/c1-13(2,3)8-10(16)6-9-4-5-11(14)12(15)7-9/h4-5,7H,6,8H2,1-3H3. The highest BCUT2D eigenvalue weighted by atomic mass is 35.5. The SMILES string of the molecule is CC(C)(C)CC(=O)Cc1ccc(Cl)c(Cl)c1. The number of benzene rings is 1. The van der Waals surface area contributed by atoms with E-state index in [2.05, 4.69) is 20.8 Å². The normalized spacial score (nSPS) is 11.6. The van der Waals surface area contributed by atoms with Gasteiger partial charge in [0.2, 0.25) is 0 Å². The number of hydrogen-bond donors (Lipinski definition) is 0. The van der Waals surface area contributed by atoms with E-state index in [9.17, 15) is 4.79 Å². The van der Waals surface area contributed by atoms with Gasteiger partial charge in [0.15, 0.2) is 0 Å². The summed E-state index contributed by atoms with van der Waals surface area (Å²) in [5.74, 6) is 0.228. The van der Waals surface area contributed by atoms with Crippen LogP contribution in [-0.4, -0.2) is 5.78 Å². The van der Waals surface area contributed by atoms with Crippen LogP contribution in [0, 0.1) is 5.41 Å². The zero-order valence-corrected chi connectivity index (χ0v) is 11.3. The van der Waals surface area contributed by atoms with E-state index < -0.39 is 0 Å². The quantitative estimate of drug-likeness (QED) is 0.778. The van der Waals surface area contributed by atoms with Gasteiger partial charge in [0, 0.05) is 12.8 Å². The van der Waals surface area contributed by atoms with Crippen LogP contribution in [0.3, 0.4) is 0 Å². The summed E-state index contributed by atoms with van der Waals surface area (Å²) in [6, 6.07) is 5.32. The largest absolute Gasteiger partial charge is 0.299 e. The molecule has 0 radical (unpaired) electrons. The molecule has 0 fully saturated rings. The van der Waals surface area contributed by atoms with E-state index in [4.69, 9.17) is 23.2 Å². The van der Waals surface area contributed by atoms with Crippen LogP contribution in [-0.2, 0) is 11.2 Å². The van der Waals surface area contributed by atoms with E-state index in [0.717, 1.165) is 5.56 Å². The number of Topliss-reactive ketones (excluding diaryl/α,β-unsaturated/α-hetero) is 1. The van der Waals surface area contributed by atoms with Gasteiger partial charge in [0.25, 0.3) is 0 Å². The van der Waals surface area contributed by atoms with Crippen LogP contribution in [0.1, 0.15) is 32.8 Å². The summed E-state index contributed by atoms with van der Waals surface area (Å²) in [4.78, 5) is 11.7. The lowest BCUT2D eigenvalue weighted by Crippen LogP contribution is -2.14. The summed E-state index contributed by atoms with van der Waals surface area (Å²) in [6.07, 6.45) is 1.00. The van der Waals surface area contributed by atoms with E-state index in [0.29, 0.717) is 22.9 Å². The number of rotatable bonds is 3. The van der Waals surface area contributed by atoms with Gasteiger partial charge in [-0.1, -0.05) is 50.0 Å². The Bertz CT molecular complexity index is 391. The third-order valence-electron chi connectivity index (χ3n) is 2.11. The molecule has 0 atom stereocenters. The molecule has 1 nitrogen and oxygen atoms in total. The molecule has 1 aromatic carbocycles. The van der Waals surface area contributed by atoms with Crippen LogP contribution in [0.15, 0.2) is 18.2 Å². The Kier molecular flexibility index (Phi) is 4.40. The fourth-order valence-corrected chi connectivity index (χ4v) is 1.85. The van der Waals surface area contributed by atoms with Crippen LogP contribution in [0.5, 0.6) is 0 Å². The maximum atomic E-state index is 11.7. The fourth-order valence-electron chi connectivity index (χ4n) is 1.53.